The molecule has 1 heterocycles. The highest BCUT2D eigenvalue weighted by molar-refractivity contribution is 7.10. The molecular weight excluding hydrogens is 226 g/mol. The van der Waals surface area contributed by atoms with Gasteiger partial charge in [0.15, 0.2) is 0 Å². The van der Waals surface area contributed by atoms with Gasteiger partial charge in [-0.3, -0.25) is 0 Å². The van der Waals surface area contributed by atoms with E-state index in [1.54, 1.807) is 0 Å². The van der Waals surface area contributed by atoms with E-state index in [4.69, 9.17) is 0 Å². The first kappa shape index (κ1) is 14.7. The van der Waals surface area contributed by atoms with E-state index in [1.165, 1.54) is 30.6 Å². The third kappa shape index (κ3) is 4.81. The summed E-state index contributed by atoms with van der Waals surface area (Å²) in [5.74, 6) is 0. The van der Waals surface area contributed by atoms with E-state index in [1.807, 2.05) is 11.3 Å². The van der Waals surface area contributed by atoms with Gasteiger partial charge < -0.3 is 5.32 Å². The smallest absolute Gasteiger partial charge is 0.0115 e. The molecular formula is C15H27NS. The second-order valence-corrected chi connectivity index (χ2v) is 6.46. The molecule has 0 radical (unpaired) electrons. The highest BCUT2D eigenvalue weighted by Gasteiger charge is 2.22. The fourth-order valence-corrected chi connectivity index (χ4v) is 3.05. The molecule has 1 aromatic heterocycles. The lowest BCUT2D eigenvalue weighted by Crippen LogP contribution is -2.38. The van der Waals surface area contributed by atoms with Gasteiger partial charge in [-0.05, 0) is 24.3 Å². The average Bonchev–Trinajstić information content (AvgIpc) is 2.81. The molecule has 0 fully saturated rings. The molecule has 1 nitrogen and oxygen atoms in total. The van der Waals surface area contributed by atoms with Crippen molar-refractivity contribution in [1.82, 2.24) is 5.32 Å². The Balaban J connectivity index is 2.47. The molecule has 0 bridgehead atoms. The Morgan fingerprint density at radius 2 is 1.88 bits per heavy atom. The second kappa shape index (κ2) is 7.17. The van der Waals surface area contributed by atoms with Gasteiger partial charge in [0.2, 0.25) is 0 Å². The van der Waals surface area contributed by atoms with Crippen molar-refractivity contribution >= 4 is 11.3 Å². The molecule has 17 heavy (non-hydrogen) atoms. The number of hydrogen-bond donors (Lipinski definition) is 1. The van der Waals surface area contributed by atoms with Crippen LogP contribution in [0.4, 0.5) is 0 Å². The number of hydrogen-bond acceptors (Lipinski definition) is 2. The molecule has 1 rings (SSSR count). The summed E-state index contributed by atoms with van der Waals surface area (Å²) in [5, 5.41) is 5.93. The molecule has 0 aliphatic heterocycles. The minimum absolute atomic E-state index is 0.258. The van der Waals surface area contributed by atoms with Crippen molar-refractivity contribution in [2.45, 2.75) is 64.8 Å². The topological polar surface area (TPSA) is 12.0 Å². The molecule has 0 aliphatic carbocycles. The maximum atomic E-state index is 3.76. The van der Waals surface area contributed by atoms with Crippen molar-refractivity contribution in [2.75, 3.05) is 6.54 Å². The normalized spacial score (nSPS) is 12.3. The lowest BCUT2D eigenvalue weighted by atomic mass is 9.90. The molecule has 0 aliphatic rings. The van der Waals surface area contributed by atoms with Crippen LogP contribution in [0.3, 0.4) is 0 Å². The minimum Gasteiger partial charge on any atom is -0.313 e. The standard InChI is InChI=1S/C15H27NS/c1-5-8-13(9-6-2)16-12-15(3,4)14-10-7-11-17-14/h7,10-11,13,16H,5-6,8-9,12H2,1-4H3. The number of nitrogens with one attached hydrogen (secondary N) is 1. The summed E-state index contributed by atoms with van der Waals surface area (Å²) in [7, 11) is 0. The van der Waals surface area contributed by atoms with Gasteiger partial charge >= 0.3 is 0 Å². The van der Waals surface area contributed by atoms with Crippen LogP contribution in [0, 0.1) is 0 Å². The Bertz CT molecular complexity index is 284. The first-order valence-corrected chi connectivity index (χ1v) is 7.75. The Labute approximate surface area is 111 Å². The van der Waals surface area contributed by atoms with Gasteiger partial charge in [-0.1, -0.05) is 46.6 Å². The van der Waals surface area contributed by atoms with E-state index in [0.29, 0.717) is 6.04 Å². The predicted molar refractivity (Wildman–Crippen MR) is 79.0 cm³/mol. The van der Waals surface area contributed by atoms with E-state index >= 15 is 0 Å². The third-order valence-corrected chi connectivity index (χ3v) is 4.53. The van der Waals surface area contributed by atoms with Crippen LogP contribution in [0.5, 0.6) is 0 Å². The van der Waals surface area contributed by atoms with Crippen LogP contribution < -0.4 is 5.32 Å². The highest BCUT2D eigenvalue weighted by Crippen LogP contribution is 2.27. The summed E-state index contributed by atoms with van der Waals surface area (Å²) in [6.45, 7) is 10.3. The lowest BCUT2D eigenvalue weighted by Gasteiger charge is -2.27. The van der Waals surface area contributed by atoms with Crippen LogP contribution in [0.2, 0.25) is 0 Å². The Hall–Kier alpha value is -0.340. The van der Waals surface area contributed by atoms with Crippen molar-refractivity contribution in [1.29, 1.82) is 0 Å². The fraction of sp³-hybridized carbons (Fsp3) is 0.733. The first-order valence-electron chi connectivity index (χ1n) is 6.87. The summed E-state index contributed by atoms with van der Waals surface area (Å²) >= 11 is 1.87. The molecule has 2 heteroatoms. The molecule has 0 saturated heterocycles. The van der Waals surface area contributed by atoms with Gasteiger partial charge in [0.1, 0.15) is 0 Å². The summed E-state index contributed by atoms with van der Waals surface area (Å²) in [6.07, 6.45) is 5.15. The van der Waals surface area contributed by atoms with Crippen LogP contribution in [-0.2, 0) is 5.41 Å². The van der Waals surface area contributed by atoms with E-state index in [9.17, 15) is 0 Å². The maximum absolute atomic E-state index is 3.76. The van der Waals surface area contributed by atoms with Gasteiger partial charge in [-0.15, -0.1) is 11.3 Å². The van der Waals surface area contributed by atoms with Crippen molar-refractivity contribution in [3.63, 3.8) is 0 Å². The van der Waals surface area contributed by atoms with E-state index in [0.717, 1.165) is 6.54 Å². The zero-order valence-corrected chi connectivity index (χ0v) is 12.6. The molecule has 0 atom stereocenters. The van der Waals surface area contributed by atoms with Crippen LogP contribution in [0.15, 0.2) is 17.5 Å². The highest BCUT2D eigenvalue weighted by atomic mass is 32.1. The Morgan fingerprint density at radius 1 is 1.24 bits per heavy atom. The Morgan fingerprint density at radius 3 is 2.35 bits per heavy atom. The average molecular weight is 253 g/mol. The third-order valence-electron chi connectivity index (χ3n) is 3.30. The fourth-order valence-electron chi connectivity index (χ4n) is 2.20. The minimum atomic E-state index is 0.258. The summed E-state index contributed by atoms with van der Waals surface area (Å²) < 4.78 is 0. The molecule has 98 valence electrons. The number of rotatable bonds is 8. The largest absolute Gasteiger partial charge is 0.313 e. The molecule has 0 aromatic carbocycles. The maximum Gasteiger partial charge on any atom is 0.0115 e. The molecule has 0 amide bonds. The van der Waals surface area contributed by atoms with Crippen molar-refractivity contribution < 1.29 is 0 Å². The van der Waals surface area contributed by atoms with E-state index in [2.05, 4.69) is 50.5 Å². The van der Waals surface area contributed by atoms with Crippen LogP contribution in [-0.4, -0.2) is 12.6 Å². The van der Waals surface area contributed by atoms with Crippen molar-refractivity contribution in [3.05, 3.63) is 22.4 Å². The zero-order chi connectivity index (χ0) is 12.7. The van der Waals surface area contributed by atoms with Gasteiger partial charge in [0.25, 0.3) is 0 Å². The first-order chi connectivity index (χ1) is 8.10. The van der Waals surface area contributed by atoms with Crippen LogP contribution in [0.25, 0.3) is 0 Å². The van der Waals surface area contributed by atoms with E-state index in [-0.39, 0.29) is 5.41 Å². The molecule has 0 saturated carbocycles. The lowest BCUT2D eigenvalue weighted by molar-refractivity contribution is 0.387. The van der Waals surface area contributed by atoms with Crippen LogP contribution >= 0.6 is 11.3 Å². The summed E-state index contributed by atoms with van der Waals surface area (Å²) in [4.78, 5) is 1.48. The SMILES string of the molecule is CCCC(CCC)NCC(C)(C)c1cccs1. The molecule has 1 aromatic rings. The van der Waals surface area contributed by atoms with Crippen molar-refractivity contribution in [2.24, 2.45) is 0 Å². The van der Waals surface area contributed by atoms with Gasteiger partial charge in [-0.2, -0.15) is 0 Å². The zero-order valence-electron chi connectivity index (χ0n) is 11.8. The molecule has 1 N–H and O–H groups in total. The van der Waals surface area contributed by atoms with Gasteiger partial charge in [0, 0.05) is 22.9 Å². The van der Waals surface area contributed by atoms with Crippen molar-refractivity contribution in [3.8, 4) is 0 Å². The van der Waals surface area contributed by atoms with Gasteiger partial charge in [-0.25, -0.2) is 0 Å². The quantitative estimate of drug-likeness (QED) is 0.715. The summed E-state index contributed by atoms with van der Waals surface area (Å²) in [5.41, 5.74) is 0.258. The monoisotopic (exact) mass is 253 g/mol. The molecule has 0 unspecified atom stereocenters. The van der Waals surface area contributed by atoms with Crippen LogP contribution in [0.1, 0.15) is 58.3 Å². The predicted octanol–water partition coefficient (Wildman–Crippen LogP) is 4.58. The van der Waals surface area contributed by atoms with E-state index < -0.39 is 0 Å². The molecule has 0 spiro atoms. The second-order valence-electron chi connectivity index (χ2n) is 5.52. The Kier molecular flexibility index (Phi) is 6.21. The number of thiophene rings is 1. The summed E-state index contributed by atoms with van der Waals surface area (Å²) in [6, 6.07) is 5.10. The van der Waals surface area contributed by atoms with Gasteiger partial charge in [0.05, 0.1) is 0 Å².